The largest absolute Gasteiger partial charge is 0.341 e. The first-order valence-corrected chi connectivity index (χ1v) is 8.04. The number of hydrogen-bond acceptors (Lipinski definition) is 5. The van der Waals surface area contributed by atoms with E-state index in [0.29, 0.717) is 17.1 Å². The Balaban J connectivity index is 1.56. The number of aromatic nitrogens is 4. The van der Waals surface area contributed by atoms with Crippen molar-refractivity contribution in [2.45, 2.75) is 19.8 Å². The minimum Gasteiger partial charge on any atom is -0.341 e. The van der Waals surface area contributed by atoms with E-state index in [2.05, 4.69) is 25.2 Å². The number of amides is 1. The number of aryl methyl sites for hydroxylation is 1. The lowest BCUT2D eigenvalue weighted by Gasteiger charge is -2.14. The quantitative estimate of drug-likeness (QED) is 0.801. The Labute approximate surface area is 139 Å². The normalized spacial score (nSPS) is 14.3. The second-order valence-electron chi connectivity index (χ2n) is 5.89. The van der Waals surface area contributed by atoms with Gasteiger partial charge in [-0.05, 0) is 31.9 Å². The molecule has 0 atom stereocenters. The van der Waals surface area contributed by atoms with Gasteiger partial charge in [-0.2, -0.15) is 0 Å². The minimum atomic E-state index is -0.219. The number of imidazole rings is 1. The molecular formula is C17H18N6O. The van der Waals surface area contributed by atoms with Crippen molar-refractivity contribution < 1.29 is 4.79 Å². The molecule has 1 saturated heterocycles. The number of nitrogens with one attached hydrogen (secondary N) is 1. The van der Waals surface area contributed by atoms with Crippen LogP contribution in [0.3, 0.4) is 0 Å². The summed E-state index contributed by atoms with van der Waals surface area (Å²) in [4.78, 5) is 27.9. The van der Waals surface area contributed by atoms with Gasteiger partial charge in [-0.1, -0.05) is 6.07 Å². The van der Waals surface area contributed by atoms with Crippen molar-refractivity contribution in [2.75, 3.05) is 23.3 Å². The monoisotopic (exact) mass is 322 g/mol. The standard InChI is InChI=1S/C17H18N6O/c1-12-15(23-9-3-2-6-14(23)20-12)16(24)21-13-10-18-17(19-11-13)22-7-4-5-8-22/h2-3,6,9-11H,4-5,7-8H2,1H3,(H,21,24). The SMILES string of the molecule is Cc1nc2ccccn2c1C(=O)Nc1cnc(N2CCCC2)nc1. The molecular weight excluding hydrogens is 304 g/mol. The number of carbonyl (C=O) groups is 1. The van der Waals surface area contributed by atoms with Crippen LogP contribution in [0.2, 0.25) is 0 Å². The Morgan fingerprint density at radius 1 is 1.17 bits per heavy atom. The number of anilines is 2. The van der Waals surface area contributed by atoms with Gasteiger partial charge in [-0.15, -0.1) is 0 Å². The van der Waals surface area contributed by atoms with Gasteiger partial charge in [0, 0.05) is 19.3 Å². The first-order chi connectivity index (χ1) is 11.7. The summed E-state index contributed by atoms with van der Waals surface area (Å²) < 4.78 is 1.78. The molecule has 0 aromatic carbocycles. The maximum Gasteiger partial charge on any atom is 0.274 e. The predicted molar refractivity (Wildman–Crippen MR) is 91.4 cm³/mol. The fourth-order valence-electron chi connectivity index (χ4n) is 3.04. The third-order valence-electron chi connectivity index (χ3n) is 4.20. The van der Waals surface area contributed by atoms with Crippen LogP contribution in [0.15, 0.2) is 36.8 Å². The van der Waals surface area contributed by atoms with Gasteiger partial charge in [-0.25, -0.2) is 15.0 Å². The topological polar surface area (TPSA) is 75.4 Å². The van der Waals surface area contributed by atoms with Gasteiger partial charge in [0.1, 0.15) is 11.3 Å². The van der Waals surface area contributed by atoms with Crippen LogP contribution < -0.4 is 10.2 Å². The highest BCUT2D eigenvalue weighted by molar-refractivity contribution is 6.04. The summed E-state index contributed by atoms with van der Waals surface area (Å²) in [6.45, 7) is 3.81. The molecule has 0 saturated carbocycles. The highest BCUT2D eigenvalue weighted by Crippen LogP contribution is 2.17. The van der Waals surface area contributed by atoms with Gasteiger partial charge in [0.15, 0.2) is 0 Å². The molecule has 4 rings (SSSR count). The molecule has 0 spiro atoms. The summed E-state index contributed by atoms with van der Waals surface area (Å²) in [5.41, 5.74) is 2.54. The van der Waals surface area contributed by atoms with Crippen LogP contribution in [0.1, 0.15) is 29.0 Å². The molecule has 0 radical (unpaired) electrons. The van der Waals surface area contributed by atoms with Crippen LogP contribution in [0.4, 0.5) is 11.6 Å². The van der Waals surface area contributed by atoms with E-state index >= 15 is 0 Å². The zero-order valence-electron chi connectivity index (χ0n) is 13.4. The minimum absolute atomic E-state index is 0.219. The molecule has 122 valence electrons. The molecule has 7 nitrogen and oxygen atoms in total. The Kier molecular flexibility index (Phi) is 3.60. The second kappa shape index (κ2) is 5.92. The molecule has 1 aliphatic rings. The van der Waals surface area contributed by atoms with Crippen LogP contribution in [0.5, 0.6) is 0 Å². The molecule has 3 aromatic heterocycles. The third-order valence-corrected chi connectivity index (χ3v) is 4.20. The van der Waals surface area contributed by atoms with Crippen LogP contribution >= 0.6 is 0 Å². The van der Waals surface area contributed by atoms with Crippen molar-refractivity contribution in [1.29, 1.82) is 0 Å². The zero-order valence-corrected chi connectivity index (χ0v) is 13.4. The van der Waals surface area contributed by atoms with E-state index in [1.807, 2.05) is 31.3 Å². The number of pyridine rings is 1. The van der Waals surface area contributed by atoms with Gasteiger partial charge < -0.3 is 10.2 Å². The Bertz CT molecular complexity index is 880. The van der Waals surface area contributed by atoms with Crippen LogP contribution in [0, 0.1) is 6.92 Å². The van der Waals surface area contributed by atoms with Crippen molar-refractivity contribution in [3.63, 3.8) is 0 Å². The first kappa shape index (κ1) is 14.6. The highest BCUT2D eigenvalue weighted by Gasteiger charge is 2.18. The summed E-state index contributed by atoms with van der Waals surface area (Å²) in [5, 5.41) is 2.85. The van der Waals surface area contributed by atoms with Crippen molar-refractivity contribution >= 4 is 23.2 Å². The molecule has 1 amide bonds. The summed E-state index contributed by atoms with van der Waals surface area (Å²) in [5.74, 6) is 0.500. The van der Waals surface area contributed by atoms with E-state index in [-0.39, 0.29) is 5.91 Å². The number of hydrogen-bond donors (Lipinski definition) is 1. The molecule has 3 aromatic rings. The molecule has 1 fully saturated rings. The fraction of sp³-hybridized carbons (Fsp3) is 0.294. The van der Waals surface area contributed by atoms with Crippen LogP contribution in [-0.4, -0.2) is 38.3 Å². The molecule has 1 N–H and O–H groups in total. The van der Waals surface area contributed by atoms with Crippen molar-refractivity contribution in [2.24, 2.45) is 0 Å². The summed E-state index contributed by atoms with van der Waals surface area (Å²) in [6.07, 6.45) is 7.48. The second-order valence-corrected chi connectivity index (χ2v) is 5.89. The Morgan fingerprint density at radius 2 is 1.92 bits per heavy atom. The van der Waals surface area contributed by atoms with Gasteiger partial charge in [-0.3, -0.25) is 9.20 Å². The number of rotatable bonds is 3. The molecule has 7 heteroatoms. The van der Waals surface area contributed by atoms with Gasteiger partial charge >= 0.3 is 0 Å². The van der Waals surface area contributed by atoms with E-state index < -0.39 is 0 Å². The lowest BCUT2D eigenvalue weighted by atomic mass is 10.3. The maximum atomic E-state index is 12.6. The van der Waals surface area contributed by atoms with Gasteiger partial charge in [0.2, 0.25) is 5.95 Å². The number of nitrogens with zero attached hydrogens (tertiary/aromatic N) is 5. The maximum absolute atomic E-state index is 12.6. The molecule has 4 heterocycles. The van der Waals surface area contributed by atoms with E-state index in [1.165, 1.54) is 12.8 Å². The Hall–Kier alpha value is -2.96. The van der Waals surface area contributed by atoms with Crippen molar-refractivity contribution in [1.82, 2.24) is 19.4 Å². The molecule has 0 aliphatic carbocycles. The van der Waals surface area contributed by atoms with Gasteiger partial charge in [0.25, 0.3) is 5.91 Å². The van der Waals surface area contributed by atoms with Gasteiger partial charge in [0.05, 0.1) is 23.8 Å². The van der Waals surface area contributed by atoms with Crippen LogP contribution in [0.25, 0.3) is 5.65 Å². The van der Waals surface area contributed by atoms with E-state index in [1.54, 1.807) is 16.8 Å². The molecule has 0 unspecified atom stereocenters. The average Bonchev–Trinajstić information content (AvgIpc) is 3.22. The molecule has 1 aliphatic heterocycles. The Morgan fingerprint density at radius 3 is 2.67 bits per heavy atom. The van der Waals surface area contributed by atoms with Crippen molar-refractivity contribution in [3.8, 4) is 0 Å². The fourth-order valence-corrected chi connectivity index (χ4v) is 3.04. The van der Waals surface area contributed by atoms with E-state index in [4.69, 9.17) is 0 Å². The lowest BCUT2D eigenvalue weighted by molar-refractivity contribution is 0.102. The van der Waals surface area contributed by atoms with Crippen LogP contribution in [-0.2, 0) is 0 Å². The average molecular weight is 322 g/mol. The summed E-state index contributed by atoms with van der Waals surface area (Å²) in [7, 11) is 0. The molecule has 24 heavy (non-hydrogen) atoms. The third kappa shape index (κ3) is 2.58. The lowest BCUT2D eigenvalue weighted by Crippen LogP contribution is -2.21. The van der Waals surface area contributed by atoms with E-state index in [0.717, 1.165) is 24.7 Å². The number of fused-ring (bicyclic) bond motifs is 1. The summed E-state index contributed by atoms with van der Waals surface area (Å²) >= 11 is 0. The zero-order chi connectivity index (χ0) is 16.5. The summed E-state index contributed by atoms with van der Waals surface area (Å²) in [6, 6.07) is 5.64. The van der Waals surface area contributed by atoms with Crippen molar-refractivity contribution in [3.05, 3.63) is 48.2 Å². The highest BCUT2D eigenvalue weighted by atomic mass is 16.2. The number of carbonyl (C=O) groups excluding carboxylic acids is 1. The predicted octanol–water partition coefficient (Wildman–Crippen LogP) is 2.29. The molecule has 0 bridgehead atoms. The van der Waals surface area contributed by atoms with E-state index in [9.17, 15) is 4.79 Å². The smallest absolute Gasteiger partial charge is 0.274 e. The first-order valence-electron chi connectivity index (χ1n) is 8.04.